The summed E-state index contributed by atoms with van der Waals surface area (Å²) < 4.78 is 14.6. The summed E-state index contributed by atoms with van der Waals surface area (Å²) in [4.78, 5) is 0. The molecule has 106 valence electrons. The van der Waals surface area contributed by atoms with E-state index in [0.717, 1.165) is 22.9 Å². The van der Waals surface area contributed by atoms with Gasteiger partial charge < -0.3 is 5.32 Å². The second-order valence-electron chi connectivity index (χ2n) is 4.73. The fraction of sp³-hybridized carbons (Fsp3) is 0.250. The van der Waals surface area contributed by atoms with Crippen LogP contribution in [-0.2, 0) is 12.8 Å². The zero-order valence-electron chi connectivity index (χ0n) is 11.2. The van der Waals surface area contributed by atoms with E-state index in [9.17, 15) is 4.39 Å². The van der Waals surface area contributed by atoms with E-state index >= 15 is 0 Å². The molecule has 4 heteroatoms. The summed E-state index contributed by atoms with van der Waals surface area (Å²) >= 11 is 9.26. The van der Waals surface area contributed by atoms with Crippen LogP contribution in [0.1, 0.15) is 11.1 Å². The monoisotopic (exact) mass is 355 g/mol. The van der Waals surface area contributed by atoms with Gasteiger partial charge in [0.05, 0.1) is 5.02 Å². The third-order valence-corrected chi connectivity index (χ3v) is 4.38. The Bertz CT molecular complexity index is 588. The molecule has 0 aliphatic carbocycles. The predicted molar refractivity (Wildman–Crippen MR) is 85.8 cm³/mol. The molecule has 0 aliphatic rings. The van der Waals surface area contributed by atoms with Crippen LogP contribution >= 0.6 is 27.5 Å². The van der Waals surface area contributed by atoms with Crippen molar-refractivity contribution >= 4 is 27.5 Å². The van der Waals surface area contributed by atoms with Crippen LogP contribution in [0.25, 0.3) is 0 Å². The van der Waals surface area contributed by atoms with Crippen molar-refractivity contribution in [3.63, 3.8) is 0 Å². The van der Waals surface area contributed by atoms with E-state index in [1.807, 2.05) is 31.3 Å². The molecule has 1 nitrogen and oxygen atoms in total. The van der Waals surface area contributed by atoms with Crippen molar-refractivity contribution in [3.8, 4) is 0 Å². The largest absolute Gasteiger partial charge is 0.316 e. The van der Waals surface area contributed by atoms with Crippen LogP contribution in [0, 0.1) is 5.82 Å². The lowest BCUT2D eigenvalue weighted by Crippen LogP contribution is -2.30. The van der Waals surface area contributed by atoms with Gasteiger partial charge in [0.2, 0.25) is 0 Å². The number of likely N-dealkylation sites (N-methyl/N-ethyl adjacent to an activating group) is 1. The highest BCUT2D eigenvalue weighted by Gasteiger charge is 2.11. The Morgan fingerprint density at radius 2 is 1.95 bits per heavy atom. The molecular weight excluding hydrogens is 341 g/mol. The Hall–Kier alpha value is -0.900. The van der Waals surface area contributed by atoms with Crippen molar-refractivity contribution in [1.82, 2.24) is 5.32 Å². The van der Waals surface area contributed by atoms with Gasteiger partial charge in [-0.1, -0.05) is 51.8 Å². The van der Waals surface area contributed by atoms with Crippen LogP contribution in [0.15, 0.2) is 46.9 Å². The second kappa shape index (κ2) is 7.21. The van der Waals surface area contributed by atoms with Gasteiger partial charge in [0.15, 0.2) is 0 Å². The van der Waals surface area contributed by atoms with Gasteiger partial charge in [-0.2, -0.15) is 0 Å². The summed E-state index contributed by atoms with van der Waals surface area (Å²) in [5, 5.41) is 3.45. The summed E-state index contributed by atoms with van der Waals surface area (Å²) in [5.74, 6) is -0.361. The first-order valence-electron chi connectivity index (χ1n) is 6.44. The molecule has 0 aliphatic heterocycles. The van der Waals surface area contributed by atoms with Crippen molar-refractivity contribution in [2.45, 2.75) is 18.9 Å². The highest BCUT2D eigenvalue weighted by Crippen LogP contribution is 2.20. The summed E-state index contributed by atoms with van der Waals surface area (Å²) in [7, 11) is 1.92. The van der Waals surface area contributed by atoms with Gasteiger partial charge in [0.25, 0.3) is 0 Å². The van der Waals surface area contributed by atoms with E-state index in [1.165, 1.54) is 11.6 Å². The molecule has 0 aromatic heterocycles. The first-order valence-corrected chi connectivity index (χ1v) is 7.62. The topological polar surface area (TPSA) is 12.0 Å². The van der Waals surface area contributed by atoms with Gasteiger partial charge in [-0.25, -0.2) is 4.39 Å². The van der Waals surface area contributed by atoms with Gasteiger partial charge in [-0.3, -0.25) is 0 Å². The Morgan fingerprint density at radius 3 is 2.60 bits per heavy atom. The number of rotatable bonds is 5. The third kappa shape index (κ3) is 4.05. The summed E-state index contributed by atoms with van der Waals surface area (Å²) in [6, 6.07) is 13.4. The maximum Gasteiger partial charge on any atom is 0.142 e. The fourth-order valence-corrected chi connectivity index (χ4v) is 2.72. The first kappa shape index (κ1) is 15.5. The average Bonchev–Trinajstić information content (AvgIpc) is 2.44. The number of benzene rings is 2. The second-order valence-corrected chi connectivity index (χ2v) is 6.00. The van der Waals surface area contributed by atoms with Crippen molar-refractivity contribution < 1.29 is 4.39 Å². The maximum absolute atomic E-state index is 13.5. The van der Waals surface area contributed by atoms with Gasteiger partial charge in [0.1, 0.15) is 5.82 Å². The molecule has 1 unspecified atom stereocenters. The lowest BCUT2D eigenvalue weighted by Gasteiger charge is -2.17. The molecule has 0 amide bonds. The third-order valence-electron chi connectivity index (χ3n) is 3.30. The number of halogens is 3. The van der Waals surface area contributed by atoms with Crippen molar-refractivity contribution in [2.24, 2.45) is 0 Å². The van der Waals surface area contributed by atoms with Crippen molar-refractivity contribution in [1.29, 1.82) is 0 Å². The highest BCUT2D eigenvalue weighted by molar-refractivity contribution is 9.10. The van der Waals surface area contributed by atoms with Gasteiger partial charge in [-0.15, -0.1) is 0 Å². The van der Waals surface area contributed by atoms with E-state index in [1.54, 1.807) is 6.07 Å². The van der Waals surface area contributed by atoms with Crippen molar-refractivity contribution in [3.05, 3.63) is 68.9 Å². The van der Waals surface area contributed by atoms with E-state index in [0.29, 0.717) is 0 Å². The lowest BCUT2D eigenvalue weighted by atomic mass is 9.99. The lowest BCUT2D eigenvalue weighted by molar-refractivity contribution is 0.552. The molecule has 0 bridgehead atoms. The molecule has 1 N–H and O–H groups in total. The van der Waals surface area contributed by atoms with Crippen LogP contribution < -0.4 is 5.32 Å². The minimum atomic E-state index is -0.361. The standard InChI is InChI=1S/C16H16BrClFN/c1-20-13(10-12-4-2-3-5-14(12)17)8-11-6-7-15(18)16(19)9-11/h2-7,9,13,20H,8,10H2,1H3. The fourth-order valence-electron chi connectivity index (χ4n) is 2.16. The molecule has 0 spiro atoms. The average molecular weight is 357 g/mol. The Balaban J connectivity index is 2.09. The number of nitrogens with one attached hydrogen (secondary N) is 1. The number of hydrogen-bond acceptors (Lipinski definition) is 1. The van der Waals surface area contributed by atoms with Crippen LogP contribution in [0.2, 0.25) is 5.02 Å². The molecule has 1 atom stereocenters. The first-order chi connectivity index (χ1) is 9.60. The Morgan fingerprint density at radius 1 is 1.20 bits per heavy atom. The normalized spacial score (nSPS) is 12.4. The quantitative estimate of drug-likeness (QED) is 0.824. The summed E-state index contributed by atoms with van der Waals surface area (Å²) in [6.45, 7) is 0. The maximum atomic E-state index is 13.5. The molecule has 0 fully saturated rings. The SMILES string of the molecule is CNC(Cc1ccc(Cl)c(F)c1)Cc1ccccc1Br. The molecule has 2 aromatic carbocycles. The van der Waals surface area contributed by atoms with Crippen LogP contribution in [-0.4, -0.2) is 13.1 Å². The Labute approximate surface area is 132 Å². The molecule has 0 saturated carbocycles. The number of hydrogen-bond donors (Lipinski definition) is 1. The summed E-state index contributed by atoms with van der Waals surface area (Å²) in [5.41, 5.74) is 2.18. The molecule has 20 heavy (non-hydrogen) atoms. The molecule has 2 aromatic rings. The van der Waals surface area contributed by atoms with Crippen molar-refractivity contribution in [2.75, 3.05) is 7.05 Å². The van der Waals surface area contributed by atoms with E-state index in [2.05, 4.69) is 27.3 Å². The van der Waals surface area contributed by atoms with Crippen LogP contribution in [0.3, 0.4) is 0 Å². The highest BCUT2D eigenvalue weighted by atomic mass is 79.9. The van der Waals surface area contributed by atoms with E-state index in [4.69, 9.17) is 11.6 Å². The Kier molecular flexibility index (Phi) is 5.58. The molecular formula is C16H16BrClFN. The van der Waals surface area contributed by atoms with Gasteiger partial charge >= 0.3 is 0 Å². The smallest absolute Gasteiger partial charge is 0.142 e. The molecule has 0 radical (unpaired) electrons. The molecule has 0 saturated heterocycles. The van der Waals surface area contributed by atoms with Gasteiger partial charge in [0, 0.05) is 10.5 Å². The minimum absolute atomic E-state index is 0.167. The summed E-state index contributed by atoms with van der Waals surface area (Å²) in [6.07, 6.45) is 1.63. The van der Waals surface area contributed by atoms with Gasteiger partial charge in [-0.05, 0) is 49.2 Å². The predicted octanol–water partition coefficient (Wildman–Crippen LogP) is 4.61. The van der Waals surface area contributed by atoms with E-state index in [-0.39, 0.29) is 16.9 Å². The van der Waals surface area contributed by atoms with Crippen LogP contribution in [0.4, 0.5) is 4.39 Å². The molecule has 2 rings (SSSR count). The minimum Gasteiger partial charge on any atom is -0.316 e. The van der Waals surface area contributed by atoms with E-state index < -0.39 is 0 Å². The molecule has 0 heterocycles. The zero-order valence-corrected chi connectivity index (χ0v) is 13.5. The van der Waals surface area contributed by atoms with Crippen LogP contribution in [0.5, 0.6) is 0 Å². The zero-order chi connectivity index (χ0) is 14.5.